The summed E-state index contributed by atoms with van der Waals surface area (Å²) in [6.07, 6.45) is 6.15. The molecule has 1 N–H and O–H groups in total. The largest absolute Gasteiger partial charge is 0.396 e. The molecule has 0 saturated carbocycles. The van der Waals surface area contributed by atoms with Gasteiger partial charge in [-0.3, -0.25) is 4.21 Å². The molecule has 0 bridgehead atoms. The maximum atomic E-state index is 14.3. The second-order valence-corrected chi connectivity index (χ2v) is 10.8. The maximum absolute atomic E-state index is 14.3. The zero-order valence-electron chi connectivity index (χ0n) is 22.2. The number of methoxy groups -OCH3 is 1. The van der Waals surface area contributed by atoms with E-state index in [1.54, 1.807) is 13.2 Å². The lowest BCUT2D eigenvalue weighted by atomic mass is 10.1. The third-order valence-corrected chi connectivity index (χ3v) is 6.50. The average molecular weight is 498 g/mol. The Labute approximate surface area is 208 Å². The van der Waals surface area contributed by atoms with Gasteiger partial charge < -0.3 is 19.6 Å². The first-order valence-electron chi connectivity index (χ1n) is 11.7. The number of nitrogens with zero attached hydrogens (tertiary/aromatic N) is 3. The SMILES string of the molecule is C=CCN(/C=C(\COC)S(=O)C(C)(C)C)C/C(=C\C)c1cc(F)nc(N(C)CCCO)c1.CC. The highest BCUT2D eigenvalue weighted by molar-refractivity contribution is 7.90. The van der Waals surface area contributed by atoms with Gasteiger partial charge in [0.1, 0.15) is 5.82 Å². The quantitative estimate of drug-likeness (QED) is 0.306. The van der Waals surface area contributed by atoms with Crippen molar-refractivity contribution in [3.63, 3.8) is 0 Å². The monoisotopic (exact) mass is 497 g/mol. The van der Waals surface area contributed by atoms with E-state index in [4.69, 9.17) is 9.84 Å². The molecule has 1 aromatic heterocycles. The zero-order chi connectivity index (χ0) is 26.3. The van der Waals surface area contributed by atoms with Crippen molar-refractivity contribution in [2.24, 2.45) is 0 Å². The van der Waals surface area contributed by atoms with E-state index in [2.05, 4.69) is 11.6 Å². The minimum atomic E-state index is -1.23. The smallest absolute Gasteiger partial charge is 0.215 e. The Morgan fingerprint density at radius 1 is 1.32 bits per heavy atom. The molecule has 0 aliphatic carbocycles. The topological polar surface area (TPSA) is 65.9 Å². The van der Waals surface area contributed by atoms with Crippen molar-refractivity contribution in [1.82, 2.24) is 9.88 Å². The van der Waals surface area contributed by atoms with Gasteiger partial charge in [-0.1, -0.05) is 26.0 Å². The summed E-state index contributed by atoms with van der Waals surface area (Å²) in [4.78, 5) is 8.49. The van der Waals surface area contributed by atoms with E-state index in [0.29, 0.717) is 36.8 Å². The molecular formula is C26H44FN3O3S. The molecular weight excluding hydrogens is 453 g/mol. The Morgan fingerprint density at radius 2 is 1.97 bits per heavy atom. The van der Waals surface area contributed by atoms with Crippen LogP contribution >= 0.6 is 0 Å². The van der Waals surface area contributed by atoms with Crippen LogP contribution in [0.5, 0.6) is 0 Å². The van der Waals surface area contributed by atoms with Gasteiger partial charge in [0.05, 0.1) is 22.3 Å². The van der Waals surface area contributed by atoms with Crippen molar-refractivity contribution in [2.75, 3.05) is 51.9 Å². The number of allylic oxidation sites excluding steroid dienone is 1. The molecule has 1 unspecified atom stereocenters. The number of aliphatic hydroxyl groups is 1. The van der Waals surface area contributed by atoms with E-state index >= 15 is 0 Å². The highest BCUT2D eigenvalue weighted by Gasteiger charge is 2.24. The normalized spacial score (nSPS) is 13.1. The third kappa shape index (κ3) is 10.9. The van der Waals surface area contributed by atoms with Crippen LogP contribution in [0.1, 0.15) is 53.5 Å². The molecule has 6 nitrogen and oxygen atoms in total. The van der Waals surface area contributed by atoms with Crippen LogP contribution in [0, 0.1) is 5.95 Å². The van der Waals surface area contributed by atoms with Gasteiger partial charge in [0.2, 0.25) is 5.95 Å². The maximum Gasteiger partial charge on any atom is 0.215 e. The lowest BCUT2D eigenvalue weighted by molar-refractivity contribution is 0.229. The highest BCUT2D eigenvalue weighted by Crippen LogP contribution is 2.24. The lowest BCUT2D eigenvalue weighted by Crippen LogP contribution is -2.28. The first-order chi connectivity index (χ1) is 16.1. The second kappa shape index (κ2) is 16.6. The van der Waals surface area contributed by atoms with Gasteiger partial charge in [-0.2, -0.15) is 4.39 Å². The van der Waals surface area contributed by atoms with E-state index in [1.807, 2.05) is 76.7 Å². The third-order valence-electron chi connectivity index (χ3n) is 4.69. The summed E-state index contributed by atoms with van der Waals surface area (Å²) in [6.45, 7) is 17.4. The molecule has 0 aromatic carbocycles. The lowest BCUT2D eigenvalue weighted by Gasteiger charge is -2.25. The van der Waals surface area contributed by atoms with E-state index in [9.17, 15) is 8.60 Å². The van der Waals surface area contributed by atoms with Crippen molar-refractivity contribution in [3.05, 3.63) is 53.5 Å². The van der Waals surface area contributed by atoms with Crippen molar-refractivity contribution in [3.8, 4) is 0 Å². The Balaban J connectivity index is 0.00000529. The predicted molar refractivity (Wildman–Crippen MR) is 144 cm³/mol. The molecule has 34 heavy (non-hydrogen) atoms. The average Bonchev–Trinajstić information content (AvgIpc) is 2.80. The van der Waals surface area contributed by atoms with Crippen LogP contribution in [-0.4, -0.2) is 71.0 Å². The molecule has 0 amide bonds. The molecule has 1 heterocycles. The summed E-state index contributed by atoms with van der Waals surface area (Å²) < 4.78 is 32.2. The van der Waals surface area contributed by atoms with Crippen LogP contribution in [-0.2, 0) is 15.5 Å². The number of aromatic nitrogens is 1. The summed E-state index contributed by atoms with van der Waals surface area (Å²) in [5.41, 5.74) is 1.62. The molecule has 0 aliphatic heterocycles. The van der Waals surface area contributed by atoms with Gasteiger partial charge in [0, 0.05) is 57.4 Å². The summed E-state index contributed by atoms with van der Waals surface area (Å²) in [6, 6.07) is 3.26. The Bertz CT molecular complexity index is 835. The number of ether oxygens (including phenoxy) is 1. The number of rotatable bonds is 13. The zero-order valence-corrected chi connectivity index (χ0v) is 23.0. The minimum absolute atomic E-state index is 0.0647. The molecule has 0 spiro atoms. The summed E-state index contributed by atoms with van der Waals surface area (Å²) >= 11 is 0. The Hall–Kier alpha value is -2.03. The summed E-state index contributed by atoms with van der Waals surface area (Å²) in [5, 5.41) is 9.07. The molecule has 194 valence electrons. The van der Waals surface area contributed by atoms with Crippen molar-refractivity contribution in [2.45, 2.75) is 52.7 Å². The Morgan fingerprint density at radius 3 is 2.47 bits per heavy atom. The molecule has 0 aliphatic rings. The number of anilines is 1. The van der Waals surface area contributed by atoms with Crippen LogP contribution in [0.3, 0.4) is 0 Å². The van der Waals surface area contributed by atoms with Crippen molar-refractivity contribution >= 4 is 22.2 Å². The van der Waals surface area contributed by atoms with E-state index in [0.717, 1.165) is 11.1 Å². The van der Waals surface area contributed by atoms with E-state index in [1.165, 1.54) is 6.07 Å². The molecule has 1 aromatic rings. The standard InChI is InChI=1S/C24H38FN3O3S.C2H6/c1-8-11-28(17-21(18-31-7)32(30)24(3,4)5)16-19(9-2)20-14-22(25)26-23(15-20)27(6)12-10-13-29;1-2/h8-9,14-15,17,29H,1,10-13,16,18H2,2-7H3;1-2H3/b19-9+,21-17+;. The van der Waals surface area contributed by atoms with Gasteiger partial charge in [-0.05, 0) is 51.3 Å². The van der Waals surface area contributed by atoms with Crippen LogP contribution in [0.4, 0.5) is 10.2 Å². The fraction of sp³-hybridized carbons (Fsp3) is 0.577. The molecule has 0 saturated heterocycles. The predicted octanol–water partition coefficient (Wildman–Crippen LogP) is 4.99. The molecule has 8 heteroatoms. The van der Waals surface area contributed by atoms with E-state index < -0.39 is 21.5 Å². The fourth-order valence-electron chi connectivity index (χ4n) is 3.06. The van der Waals surface area contributed by atoms with Crippen LogP contribution in [0.15, 0.2) is 42.0 Å². The number of pyridine rings is 1. The van der Waals surface area contributed by atoms with Gasteiger partial charge >= 0.3 is 0 Å². The molecule has 0 fully saturated rings. The second-order valence-electron chi connectivity index (χ2n) is 8.48. The van der Waals surface area contributed by atoms with Gasteiger partial charge in [-0.25, -0.2) is 4.98 Å². The summed E-state index contributed by atoms with van der Waals surface area (Å²) in [7, 11) is 2.17. The van der Waals surface area contributed by atoms with Gasteiger partial charge in [-0.15, -0.1) is 6.58 Å². The number of hydrogen-bond acceptors (Lipinski definition) is 6. The number of hydrogen-bond donors (Lipinski definition) is 1. The van der Waals surface area contributed by atoms with Crippen molar-refractivity contribution in [1.29, 1.82) is 0 Å². The summed E-state index contributed by atoms with van der Waals surface area (Å²) in [5.74, 6) is -0.0556. The fourth-order valence-corrected chi connectivity index (χ4v) is 4.32. The minimum Gasteiger partial charge on any atom is -0.396 e. The van der Waals surface area contributed by atoms with Gasteiger partial charge in [0.25, 0.3) is 0 Å². The number of halogens is 1. The molecule has 0 radical (unpaired) electrons. The number of aliphatic hydroxyl groups excluding tert-OH is 1. The van der Waals surface area contributed by atoms with Crippen LogP contribution in [0.25, 0.3) is 5.57 Å². The van der Waals surface area contributed by atoms with Crippen LogP contribution < -0.4 is 4.90 Å². The van der Waals surface area contributed by atoms with Gasteiger partial charge in [0.15, 0.2) is 0 Å². The van der Waals surface area contributed by atoms with Crippen molar-refractivity contribution < 1.29 is 18.4 Å². The first kappa shape index (κ1) is 32.0. The van der Waals surface area contributed by atoms with Crippen LogP contribution in [0.2, 0.25) is 0 Å². The molecule has 1 rings (SSSR count). The van der Waals surface area contributed by atoms with E-state index in [-0.39, 0.29) is 13.2 Å². The Kier molecular flexibility index (Phi) is 15.6. The molecule has 1 atom stereocenters. The highest BCUT2D eigenvalue weighted by atomic mass is 32.2. The first-order valence-corrected chi connectivity index (χ1v) is 12.8.